The van der Waals surface area contributed by atoms with Gasteiger partial charge >= 0.3 is 0 Å². The van der Waals surface area contributed by atoms with Crippen molar-refractivity contribution in [3.05, 3.63) is 34.3 Å². The molecule has 0 saturated heterocycles. The van der Waals surface area contributed by atoms with E-state index < -0.39 is 0 Å². The highest BCUT2D eigenvalue weighted by Crippen LogP contribution is 2.22. The Bertz CT molecular complexity index is 238. The van der Waals surface area contributed by atoms with Crippen LogP contribution in [0.1, 0.15) is 58.4 Å². The zero-order chi connectivity index (χ0) is 11.7. The Morgan fingerprint density at radius 2 is 1.67 bits per heavy atom. The lowest BCUT2D eigenvalue weighted by atomic mass is 9.96. The minimum Gasteiger partial charge on any atom is -0.0683 e. The summed E-state index contributed by atoms with van der Waals surface area (Å²) in [5, 5.41) is 0. The highest BCUT2D eigenvalue weighted by Gasteiger charge is 2.03. The molecule has 0 amide bonds. The van der Waals surface area contributed by atoms with Crippen LogP contribution in [0, 0.1) is 0 Å². The molecule has 0 N–H and O–H groups in total. The zero-order valence-electron chi connectivity index (χ0n) is 10.4. The summed E-state index contributed by atoms with van der Waals surface area (Å²) >= 11 is 3.45. The van der Waals surface area contributed by atoms with E-state index in [2.05, 4.69) is 54.0 Å². The molecule has 1 atom stereocenters. The molecule has 1 aromatic rings. The van der Waals surface area contributed by atoms with Crippen LogP contribution in [0.25, 0.3) is 0 Å². The van der Waals surface area contributed by atoms with Gasteiger partial charge in [0.15, 0.2) is 0 Å². The van der Waals surface area contributed by atoms with Crippen molar-refractivity contribution >= 4 is 15.9 Å². The molecule has 0 spiro atoms. The van der Waals surface area contributed by atoms with Crippen molar-refractivity contribution in [1.82, 2.24) is 0 Å². The molecule has 0 fully saturated rings. The van der Waals surface area contributed by atoms with Crippen molar-refractivity contribution in [2.45, 2.75) is 52.9 Å². The second-order valence-corrected chi connectivity index (χ2v) is 4.51. The van der Waals surface area contributed by atoms with Gasteiger partial charge in [-0.3, -0.25) is 0 Å². The van der Waals surface area contributed by atoms with E-state index in [1.54, 1.807) is 0 Å². The van der Waals surface area contributed by atoms with Gasteiger partial charge in [-0.05, 0) is 30.0 Å². The van der Waals surface area contributed by atoms with Crippen LogP contribution in [-0.2, 0) is 0 Å². The lowest BCUT2D eigenvalue weighted by Crippen LogP contribution is -1.92. The zero-order valence-corrected chi connectivity index (χ0v) is 12.0. The second kappa shape index (κ2) is 8.96. The molecular formula is C14H23Br. The summed E-state index contributed by atoms with van der Waals surface area (Å²) in [6.45, 7) is 8.55. The van der Waals surface area contributed by atoms with Gasteiger partial charge in [0.05, 0.1) is 0 Å². The summed E-state index contributed by atoms with van der Waals surface area (Å²) < 4.78 is 1.17. The number of hydrogen-bond donors (Lipinski definition) is 0. The van der Waals surface area contributed by atoms with E-state index in [0.29, 0.717) is 5.92 Å². The molecule has 15 heavy (non-hydrogen) atoms. The largest absolute Gasteiger partial charge is 0.0683 e. The molecule has 1 rings (SSSR count). The molecule has 86 valence electrons. The maximum atomic E-state index is 3.45. The third-order valence-corrected chi connectivity index (χ3v) is 2.96. The van der Waals surface area contributed by atoms with Gasteiger partial charge in [0.2, 0.25) is 0 Å². The molecule has 0 aliphatic carbocycles. The van der Waals surface area contributed by atoms with E-state index in [1.165, 1.54) is 29.3 Å². The fraction of sp³-hybridized carbons (Fsp3) is 0.571. The lowest BCUT2D eigenvalue weighted by molar-refractivity contribution is 0.624. The first-order chi connectivity index (χ1) is 7.24. The first-order valence-electron chi connectivity index (χ1n) is 5.99. The van der Waals surface area contributed by atoms with Crippen molar-refractivity contribution in [3.8, 4) is 0 Å². The van der Waals surface area contributed by atoms with Crippen molar-refractivity contribution in [3.63, 3.8) is 0 Å². The molecule has 0 radical (unpaired) electrons. The monoisotopic (exact) mass is 270 g/mol. The normalized spacial score (nSPS) is 11.5. The summed E-state index contributed by atoms with van der Waals surface area (Å²) in [5.74, 6) is 0.702. The van der Waals surface area contributed by atoms with Crippen LogP contribution < -0.4 is 0 Å². The topological polar surface area (TPSA) is 0 Å². The van der Waals surface area contributed by atoms with Crippen LogP contribution in [0.15, 0.2) is 28.7 Å². The molecule has 0 aliphatic heterocycles. The molecule has 0 bridgehead atoms. The third-order valence-electron chi connectivity index (χ3n) is 2.43. The van der Waals surface area contributed by atoms with Crippen molar-refractivity contribution < 1.29 is 0 Å². The van der Waals surface area contributed by atoms with E-state index >= 15 is 0 Å². The van der Waals surface area contributed by atoms with Gasteiger partial charge in [-0.2, -0.15) is 0 Å². The number of rotatable bonds is 4. The second-order valence-electron chi connectivity index (χ2n) is 3.59. The van der Waals surface area contributed by atoms with Crippen LogP contribution in [0.4, 0.5) is 0 Å². The molecule has 1 heteroatoms. The highest BCUT2D eigenvalue weighted by molar-refractivity contribution is 9.10. The maximum Gasteiger partial charge on any atom is 0.0175 e. The van der Waals surface area contributed by atoms with E-state index in [1.807, 2.05) is 13.8 Å². The van der Waals surface area contributed by atoms with Gasteiger partial charge in [-0.15, -0.1) is 0 Å². The summed E-state index contributed by atoms with van der Waals surface area (Å²) in [6.07, 6.45) is 3.93. The Kier molecular flexibility index (Phi) is 8.79. The highest BCUT2D eigenvalue weighted by atomic mass is 79.9. The number of halogens is 1. The van der Waals surface area contributed by atoms with Gasteiger partial charge in [0.25, 0.3) is 0 Å². The van der Waals surface area contributed by atoms with E-state index in [-0.39, 0.29) is 0 Å². The van der Waals surface area contributed by atoms with E-state index in [4.69, 9.17) is 0 Å². The minimum absolute atomic E-state index is 0.702. The third kappa shape index (κ3) is 5.99. The van der Waals surface area contributed by atoms with Gasteiger partial charge in [-0.1, -0.05) is 68.6 Å². The van der Waals surface area contributed by atoms with E-state index in [9.17, 15) is 0 Å². The van der Waals surface area contributed by atoms with Gasteiger partial charge in [0, 0.05) is 4.47 Å². The average molecular weight is 271 g/mol. The van der Waals surface area contributed by atoms with E-state index in [0.717, 1.165) is 0 Å². The predicted octanol–water partition coefficient (Wildman–Crippen LogP) is 5.77. The van der Waals surface area contributed by atoms with Crippen LogP contribution in [0.2, 0.25) is 0 Å². The van der Waals surface area contributed by atoms with Gasteiger partial charge in [0.1, 0.15) is 0 Å². The summed E-state index contributed by atoms with van der Waals surface area (Å²) in [6, 6.07) is 8.67. The van der Waals surface area contributed by atoms with Crippen LogP contribution in [-0.4, -0.2) is 0 Å². The van der Waals surface area contributed by atoms with Crippen LogP contribution in [0.5, 0.6) is 0 Å². The Labute approximate surface area is 103 Å². The van der Waals surface area contributed by atoms with Gasteiger partial charge < -0.3 is 0 Å². The fourth-order valence-electron chi connectivity index (χ4n) is 1.47. The smallest absolute Gasteiger partial charge is 0.0175 e. The molecule has 0 heterocycles. The molecule has 1 aromatic carbocycles. The lowest BCUT2D eigenvalue weighted by Gasteiger charge is -2.10. The average Bonchev–Trinajstić information content (AvgIpc) is 2.29. The summed E-state index contributed by atoms with van der Waals surface area (Å²) in [5.41, 5.74) is 1.46. The van der Waals surface area contributed by atoms with Gasteiger partial charge in [-0.25, -0.2) is 0 Å². The molecule has 1 unspecified atom stereocenters. The Morgan fingerprint density at radius 3 is 2.13 bits per heavy atom. The maximum absolute atomic E-state index is 3.45. The quantitative estimate of drug-likeness (QED) is 0.652. The SMILES string of the molecule is CC.CCCCC(C)c1ccc(Br)cc1. The molecule has 0 aromatic heterocycles. The number of unbranched alkanes of at least 4 members (excludes halogenated alkanes) is 1. The Hall–Kier alpha value is -0.300. The number of benzene rings is 1. The first kappa shape index (κ1) is 14.7. The molecule has 0 saturated carbocycles. The fourth-order valence-corrected chi connectivity index (χ4v) is 1.73. The summed E-state index contributed by atoms with van der Waals surface area (Å²) in [7, 11) is 0. The Balaban J connectivity index is 0.000000921. The minimum atomic E-state index is 0.702. The molecule has 0 nitrogen and oxygen atoms in total. The first-order valence-corrected chi connectivity index (χ1v) is 6.78. The Morgan fingerprint density at radius 1 is 1.13 bits per heavy atom. The van der Waals surface area contributed by atoms with Crippen molar-refractivity contribution in [2.24, 2.45) is 0 Å². The standard InChI is InChI=1S/C12H17Br.C2H6/c1-3-4-5-10(2)11-6-8-12(13)9-7-11;1-2/h6-10H,3-5H2,1-2H3;1-2H3. The predicted molar refractivity (Wildman–Crippen MR) is 73.4 cm³/mol. The molecular weight excluding hydrogens is 248 g/mol. The summed E-state index contributed by atoms with van der Waals surface area (Å²) in [4.78, 5) is 0. The number of hydrogen-bond acceptors (Lipinski definition) is 0. The van der Waals surface area contributed by atoms with Crippen LogP contribution >= 0.6 is 15.9 Å². The van der Waals surface area contributed by atoms with Crippen LogP contribution in [0.3, 0.4) is 0 Å². The van der Waals surface area contributed by atoms with Crippen molar-refractivity contribution in [2.75, 3.05) is 0 Å². The van der Waals surface area contributed by atoms with Crippen molar-refractivity contribution in [1.29, 1.82) is 0 Å². The molecule has 0 aliphatic rings.